The molecule has 2 nitrogen and oxygen atoms in total. The summed E-state index contributed by atoms with van der Waals surface area (Å²) >= 11 is 0. The van der Waals surface area contributed by atoms with E-state index in [1.54, 1.807) is 0 Å². The summed E-state index contributed by atoms with van der Waals surface area (Å²) in [5.74, 6) is 0. The maximum absolute atomic E-state index is 9.37. The lowest BCUT2D eigenvalue weighted by atomic mass is 9.87. The van der Waals surface area contributed by atoms with Crippen LogP contribution in [0.1, 0.15) is 40.2 Å². The van der Waals surface area contributed by atoms with Gasteiger partial charge >= 0.3 is 0 Å². The molecule has 0 aliphatic heterocycles. The summed E-state index contributed by atoms with van der Waals surface area (Å²) in [6, 6.07) is 8.58. The van der Waals surface area contributed by atoms with Crippen LogP contribution in [0.5, 0.6) is 0 Å². The van der Waals surface area contributed by atoms with Gasteiger partial charge < -0.3 is 10.0 Å². The fourth-order valence-electron chi connectivity index (χ4n) is 1.64. The maximum Gasteiger partial charge on any atom is 0.0658 e. The number of aliphatic hydroxyl groups excluding tert-OH is 1. The molecule has 1 N–H and O–H groups in total. The molecule has 0 saturated carbocycles. The van der Waals surface area contributed by atoms with Gasteiger partial charge in [-0.3, -0.25) is 0 Å². The van der Waals surface area contributed by atoms with Crippen LogP contribution in [-0.2, 0) is 5.41 Å². The monoisotopic (exact) mass is 235 g/mol. The van der Waals surface area contributed by atoms with E-state index < -0.39 is 0 Å². The van der Waals surface area contributed by atoms with E-state index in [-0.39, 0.29) is 17.6 Å². The van der Waals surface area contributed by atoms with Crippen molar-refractivity contribution in [3.63, 3.8) is 0 Å². The van der Waals surface area contributed by atoms with Gasteiger partial charge in [-0.15, -0.1) is 0 Å². The fraction of sp³-hybridized carbons (Fsp3) is 0.600. The van der Waals surface area contributed by atoms with E-state index in [0.717, 1.165) is 5.69 Å². The molecular formula is C15H25NO. The second-order valence-corrected chi connectivity index (χ2v) is 6.33. The molecule has 0 aliphatic rings. The van der Waals surface area contributed by atoms with Gasteiger partial charge in [-0.1, -0.05) is 32.9 Å². The van der Waals surface area contributed by atoms with E-state index in [9.17, 15) is 5.11 Å². The second kappa shape index (κ2) is 4.69. The van der Waals surface area contributed by atoms with Gasteiger partial charge in [-0.05, 0) is 37.0 Å². The fourth-order valence-corrected chi connectivity index (χ4v) is 1.64. The quantitative estimate of drug-likeness (QED) is 0.869. The van der Waals surface area contributed by atoms with Crippen LogP contribution < -0.4 is 4.90 Å². The lowest BCUT2D eigenvalue weighted by Gasteiger charge is -2.36. The molecule has 17 heavy (non-hydrogen) atoms. The van der Waals surface area contributed by atoms with Gasteiger partial charge in [0.15, 0.2) is 0 Å². The Bertz CT molecular complexity index is 360. The largest absolute Gasteiger partial charge is 0.394 e. The molecule has 0 spiro atoms. The Labute approximate surface area is 105 Å². The zero-order valence-corrected chi connectivity index (χ0v) is 11.9. The predicted molar refractivity (Wildman–Crippen MR) is 74.7 cm³/mol. The molecule has 0 heterocycles. The highest BCUT2D eigenvalue weighted by molar-refractivity contribution is 5.50. The highest BCUT2D eigenvalue weighted by Crippen LogP contribution is 2.27. The third kappa shape index (κ3) is 3.22. The van der Waals surface area contributed by atoms with Crippen molar-refractivity contribution in [1.29, 1.82) is 0 Å². The van der Waals surface area contributed by atoms with Gasteiger partial charge in [0.25, 0.3) is 0 Å². The van der Waals surface area contributed by atoms with Crippen LogP contribution in [0.2, 0.25) is 0 Å². The van der Waals surface area contributed by atoms with Crippen molar-refractivity contribution in [2.24, 2.45) is 0 Å². The number of hydrogen-bond donors (Lipinski definition) is 1. The van der Waals surface area contributed by atoms with Gasteiger partial charge in [0.1, 0.15) is 0 Å². The third-order valence-corrected chi connectivity index (χ3v) is 3.42. The number of anilines is 1. The predicted octanol–water partition coefficient (Wildman–Crippen LogP) is 3.19. The zero-order valence-electron chi connectivity index (χ0n) is 11.9. The van der Waals surface area contributed by atoms with Crippen LogP contribution in [-0.4, -0.2) is 24.3 Å². The summed E-state index contributed by atoms with van der Waals surface area (Å²) in [4.78, 5) is 2.11. The molecule has 2 heteroatoms. The Morgan fingerprint density at radius 1 is 1.00 bits per heavy atom. The molecular weight excluding hydrogens is 210 g/mol. The highest BCUT2D eigenvalue weighted by Gasteiger charge is 2.23. The van der Waals surface area contributed by atoms with Crippen molar-refractivity contribution < 1.29 is 5.11 Å². The minimum atomic E-state index is -0.233. The molecule has 1 aromatic rings. The molecule has 0 unspecified atom stereocenters. The summed E-state index contributed by atoms with van der Waals surface area (Å²) < 4.78 is 0. The lowest BCUT2D eigenvalue weighted by molar-refractivity contribution is 0.216. The second-order valence-electron chi connectivity index (χ2n) is 6.33. The molecule has 0 saturated heterocycles. The van der Waals surface area contributed by atoms with E-state index >= 15 is 0 Å². The van der Waals surface area contributed by atoms with Crippen molar-refractivity contribution in [1.82, 2.24) is 0 Å². The SMILES string of the molecule is CN(c1ccc(C(C)(C)C)cc1)C(C)(C)CO. The van der Waals surface area contributed by atoms with Crippen LogP contribution in [0.4, 0.5) is 5.69 Å². The van der Waals surface area contributed by atoms with Crippen LogP contribution in [0.25, 0.3) is 0 Å². The maximum atomic E-state index is 9.37. The van der Waals surface area contributed by atoms with Crippen molar-refractivity contribution in [2.45, 2.75) is 45.6 Å². The van der Waals surface area contributed by atoms with Gasteiger partial charge in [-0.25, -0.2) is 0 Å². The van der Waals surface area contributed by atoms with E-state index in [1.807, 2.05) is 20.9 Å². The molecule has 0 aromatic heterocycles. The molecule has 0 bridgehead atoms. The lowest BCUT2D eigenvalue weighted by Crippen LogP contribution is -2.44. The van der Waals surface area contributed by atoms with Crippen LogP contribution in [0, 0.1) is 0 Å². The standard InChI is InChI=1S/C15H25NO/c1-14(2,3)12-7-9-13(10-8-12)16(6)15(4,5)11-17/h7-10,17H,11H2,1-6H3. The Hall–Kier alpha value is -1.02. The summed E-state index contributed by atoms with van der Waals surface area (Å²) in [6.07, 6.45) is 0. The number of rotatable bonds is 3. The smallest absolute Gasteiger partial charge is 0.0658 e. The van der Waals surface area contributed by atoms with Gasteiger partial charge in [0.2, 0.25) is 0 Å². The first-order valence-corrected chi connectivity index (χ1v) is 6.14. The molecule has 0 radical (unpaired) electrons. The highest BCUT2D eigenvalue weighted by atomic mass is 16.3. The Kier molecular flexibility index (Phi) is 3.88. The number of likely N-dealkylation sites (N-methyl/N-ethyl adjacent to an activating group) is 1. The van der Waals surface area contributed by atoms with Crippen molar-refractivity contribution in [3.8, 4) is 0 Å². The topological polar surface area (TPSA) is 23.5 Å². The van der Waals surface area contributed by atoms with E-state index in [1.165, 1.54) is 5.56 Å². The Balaban J connectivity index is 2.96. The molecule has 0 atom stereocenters. The Morgan fingerprint density at radius 3 is 1.82 bits per heavy atom. The zero-order chi connectivity index (χ0) is 13.3. The van der Waals surface area contributed by atoms with Gasteiger partial charge in [-0.2, -0.15) is 0 Å². The summed E-state index contributed by atoms with van der Waals surface area (Å²) in [7, 11) is 2.02. The van der Waals surface area contributed by atoms with Gasteiger partial charge in [0, 0.05) is 12.7 Å². The molecule has 0 fully saturated rings. The summed E-state index contributed by atoms with van der Waals surface area (Å²) in [6.45, 7) is 10.8. The first-order chi connectivity index (χ1) is 7.68. The van der Waals surface area contributed by atoms with Gasteiger partial charge in [0.05, 0.1) is 12.1 Å². The summed E-state index contributed by atoms with van der Waals surface area (Å²) in [5, 5.41) is 9.37. The van der Waals surface area contributed by atoms with Crippen LogP contribution in [0.15, 0.2) is 24.3 Å². The molecule has 0 aliphatic carbocycles. The molecule has 0 amide bonds. The Morgan fingerprint density at radius 2 is 1.47 bits per heavy atom. The first kappa shape index (κ1) is 14.0. The minimum Gasteiger partial charge on any atom is -0.394 e. The minimum absolute atomic E-state index is 0.143. The van der Waals surface area contributed by atoms with E-state index in [2.05, 4.69) is 49.9 Å². The van der Waals surface area contributed by atoms with Crippen molar-refractivity contribution in [3.05, 3.63) is 29.8 Å². The first-order valence-electron chi connectivity index (χ1n) is 6.14. The van der Waals surface area contributed by atoms with E-state index in [4.69, 9.17) is 0 Å². The number of aliphatic hydroxyl groups is 1. The third-order valence-electron chi connectivity index (χ3n) is 3.42. The van der Waals surface area contributed by atoms with Crippen LogP contribution in [0.3, 0.4) is 0 Å². The van der Waals surface area contributed by atoms with E-state index in [0.29, 0.717) is 0 Å². The van der Waals surface area contributed by atoms with Crippen LogP contribution >= 0.6 is 0 Å². The number of hydrogen-bond acceptors (Lipinski definition) is 2. The van der Waals surface area contributed by atoms with Crippen molar-refractivity contribution >= 4 is 5.69 Å². The number of benzene rings is 1. The number of nitrogens with zero attached hydrogens (tertiary/aromatic N) is 1. The summed E-state index contributed by atoms with van der Waals surface area (Å²) in [5.41, 5.74) is 2.42. The molecule has 1 rings (SSSR count). The average Bonchev–Trinajstić information content (AvgIpc) is 2.27. The molecule has 1 aromatic carbocycles. The average molecular weight is 235 g/mol. The molecule has 96 valence electrons. The normalized spacial score (nSPS) is 12.6. The van der Waals surface area contributed by atoms with Crippen molar-refractivity contribution in [2.75, 3.05) is 18.6 Å².